The van der Waals surface area contributed by atoms with Crippen LogP contribution >= 0.6 is 0 Å². The van der Waals surface area contributed by atoms with Crippen LogP contribution in [0.15, 0.2) is 42.7 Å². The minimum absolute atomic E-state index is 0.215. The molecule has 21 heavy (non-hydrogen) atoms. The molecule has 0 saturated heterocycles. The summed E-state index contributed by atoms with van der Waals surface area (Å²) >= 11 is 0. The van der Waals surface area contributed by atoms with E-state index in [4.69, 9.17) is 5.73 Å². The van der Waals surface area contributed by atoms with Crippen LogP contribution in [0.5, 0.6) is 0 Å². The number of rotatable bonds is 5. The number of aromatic amines is 1. The Hall–Kier alpha value is -2.20. The number of pyridine rings is 1. The molecule has 108 valence electrons. The molecule has 0 unspecified atom stereocenters. The maximum Gasteiger partial charge on any atom is 0.147 e. The van der Waals surface area contributed by atoms with Gasteiger partial charge in [0.05, 0.1) is 5.52 Å². The van der Waals surface area contributed by atoms with Crippen LogP contribution in [-0.2, 0) is 6.42 Å². The van der Waals surface area contributed by atoms with Gasteiger partial charge in [-0.3, -0.25) is 4.98 Å². The topological polar surface area (TPSA) is 54.7 Å². The summed E-state index contributed by atoms with van der Waals surface area (Å²) in [4.78, 5) is 7.28. The van der Waals surface area contributed by atoms with Crippen molar-refractivity contribution in [2.45, 2.75) is 19.3 Å². The summed E-state index contributed by atoms with van der Waals surface area (Å²) < 4.78 is 14.0. The molecule has 3 aromatic rings. The Labute approximate surface area is 123 Å². The first-order chi connectivity index (χ1) is 10.3. The van der Waals surface area contributed by atoms with Gasteiger partial charge in [0, 0.05) is 29.0 Å². The van der Waals surface area contributed by atoms with Crippen molar-refractivity contribution < 1.29 is 4.39 Å². The van der Waals surface area contributed by atoms with Crippen LogP contribution in [0.2, 0.25) is 0 Å². The smallest absolute Gasteiger partial charge is 0.147 e. The lowest BCUT2D eigenvalue weighted by Crippen LogP contribution is -1.99. The van der Waals surface area contributed by atoms with Crippen LogP contribution in [-0.4, -0.2) is 16.5 Å². The Morgan fingerprint density at radius 2 is 1.90 bits per heavy atom. The standard InChI is InChI=1S/C17H18FN3/c18-15-6-3-5-14-13(4-1-2-9-19)16(21-17(14)15)12-7-10-20-11-8-12/h3,5-8,10-11,21H,1-2,4,9,19H2. The average molecular weight is 283 g/mol. The van der Waals surface area contributed by atoms with Crippen LogP contribution in [0.25, 0.3) is 22.2 Å². The van der Waals surface area contributed by atoms with E-state index in [9.17, 15) is 4.39 Å². The number of hydrogen-bond acceptors (Lipinski definition) is 2. The van der Waals surface area contributed by atoms with Gasteiger partial charge in [0.2, 0.25) is 0 Å². The number of hydrogen-bond donors (Lipinski definition) is 2. The van der Waals surface area contributed by atoms with Gasteiger partial charge in [-0.2, -0.15) is 0 Å². The van der Waals surface area contributed by atoms with E-state index in [0.717, 1.165) is 41.5 Å². The molecule has 0 saturated carbocycles. The lowest BCUT2D eigenvalue weighted by atomic mass is 10.0. The van der Waals surface area contributed by atoms with Gasteiger partial charge in [-0.05, 0) is 49.6 Å². The van der Waals surface area contributed by atoms with E-state index in [1.54, 1.807) is 18.5 Å². The molecule has 0 radical (unpaired) electrons. The monoisotopic (exact) mass is 283 g/mol. The van der Waals surface area contributed by atoms with Gasteiger partial charge in [-0.15, -0.1) is 0 Å². The number of nitrogens with two attached hydrogens (primary N) is 1. The minimum atomic E-state index is -0.215. The van der Waals surface area contributed by atoms with Crippen molar-refractivity contribution in [3.05, 3.63) is 54.1 Å². The van der Waals surface area contributed by atoms with Gasteiger partial charge in [0.1, 0.15) is 5.82 Å². The molecule has 3 nitrogen and oxygen atoms in total. The van der Waals surface area contributed by atoms with Crippen LogP contribution in [0.1, 0.15) is 18.4 Å². The molecule has 0 aliphatic rings. The van der Waals surface area contributed by atoms with Gasteiger partial charge < -0.3 is 10.7 Å². The number of nitrogens with zero attached hydrogens (tertiary/aromatic N) is 1. The van der Waals surface area contributed by atoms with Crippen molar-refractivity contribution in [2.75, 3.05) is 6.54 Å². The number of halogens is 1. The second-order valence-corrected chi connectivity index (χ2v) is 5.12. The van der Waals surface area contributed by atoms with Crippen LogP contribution in [0.4, 0.5) is 4.39 Å². The molecule has 0 fully saturated rings. The Morgan fingerprint density at radius 1 is 1.10 bits per heavy atom. The predicted octanol–water partition coefficient (Wildman–Crippen LogP) is 3.65. The highest BCUT2D eigenvalue weighted by molar-refractivity contribution is 5.91. The van der Waals surface area contributed by atoms with E-state index >= 15 is 0 Å². The average Bonchev–Trinajstić information content (AvgIpc) is 2.89. The van der Waals surface area contributed by atoms with Crippen molar-refractivity contribution in [3.8, 4) is 11.3 Å². The van der Waals surface area contributed by atoms with Crippen molar-refractivity contribution >= 4 is 10.9 Å². The molecule has 1 aromatic carbocycles. The zero-order chi connectivity index (χ0) is 14.7. The summed E-state index contributed by atoms with van der Waals surface area (Å²) in [5, 5.41) is 0.957. The molecule has 0 atom stereocenters. The van der Waals surface area contributed by atoms with E-state index in [1.807, 2.05) is 18.2 Å². The fraction of sp³-hybridized carbons (Fsp3) is 0.235. The quantitative estimate of drug-likeness (QED) is 0.702. The maximum atomic E-state index is 14.0. The van der Waals surface area contributed by atoms with Gasteiger partial charge in [-0.25, -0.2) is 4.39 Å². The number of unbranched alkanes of at least 4 members (excludes halogenated alkanes) is 1. The third kappa shape index (κ3) is 2.67. The molecule has 0 amide bonds. The summed E-state index contributed by atoms with van der Waals surface area (Å²) in [5.41, 5.74) is 9.32. The number of fused-ring (bicyclic) bond motifs is 1. The van der Waals surface area contributed by atoms with E-state index < -0.39 is 0 Å². The van der Waals surface area contributed by atoms with Gasteiger partial charge in [0.15, 0.2) is 0 Å². The number of benzene rings is 1. The number of para-hydroxylation sites is 1. The molecule has 0 spiro atoms. The molecule has 0 aliphatic carbocycles. The number of H-pyrrole nitrogens is 1. The molecular weight excluding hydrogens is 265 g/mol. The number of aryl methyl sites for hydroxylation is 1. The van der Waals surface area contributed by atoms with Crippen LogP contribution in [0.3, 0.4) is 0 Å². The second-order valence-electron chi connectivity index (χ2n) is 5.12. The molecule has 2 heterocycles. The Bertz CT molecular complexity index is 734. The largest absolute Gasteiger partial charge is 0.352 e. The summed E-state index contributed by atoms with van der Waals surface area (Å²) in [6, 6.07) is 9.09. The van der Waals surface area contributed by atoms with Crippen molar-refractivity contribution in [2.24, 2.45) is 5.73 Å². The third-order valence-corrected chi connectivity index (χ3v) is 3.74. The molecular formula is C17H18FN3. The number of nitrogens with one attached hydrogen (secondary N) is 1. The van der Waals surface area contributed by atoms with Crippen molar-refractivity contribution in [1.82, 2.24) is 9.97 Å². The third-order valence-electron chi connectivity index (χ3n) is 3.74. The minimum Gasteiger partial charge on any atom is -0.352 e. The summed E-state index contributed by atoms with van der Waals surface area (Å²) in [6.07, 6.45) is 6.36. The number of aromatic nitrogens is 2. The Morgan fingerprint density at radius 3 is 2.67 bits per heavy atom. The fourth-order valence-electron chi connectivity index (χ4n) is 2.71. The van der Waals surface area contributed by atoms with Gasteiger partial charge in [-0.1, -0.05) is 12.1 Å². The first kappa shape index (κ1) is 13.8. The normalized spacial score (nSPS) is 11.1. The molecule has 4 heteroatoms. The lowest BCUT2D eigenvalue weighted by Gasteiger charge is -2.04. The van der Waals surface area contributed by atoms with Crippen LogP contribution in [0, 0.1) is 5.82 Å². The van der Waals surface area contributed by atoms with Gasteiger partial charge >= 0.3 is 0 Å². The molecule has 0 bridgehead atoms. The van der Waals surface area contributed by atoms with Crippen LogP contribution < -0.4 is 5.73 Å². The SMILES string of the molecule is NCCCCc1c(-c2ccncc2)[nH]c2c(F)cccc12. The van der Waals surface area contributed by atoms with E-state index in [2.05, 4.69) is 9.97 Å². The maximum absolute atomic E-state index is 14.0. The Balaban J connectivity index is 2.13. The first-order valence-electron chi connectivity index (χ1n) is 7.21. The zero-order valence-electron chi connectivity index (χ0n) is 11.8. The molecule has 3 rings (SSSR count). The van der Waals surface area contributed by atoms with Crippen molar-refractivity contribution in [3.63, 3.8) is 0 Å². The summed E-state index contributed by atoms with van der Waals surface area (Å²) in [7, 11) is 0. The van der Waals surface area contributed by atoms with Gasteiger partial charge in [0.25, 0.3) is 0 Å². The predicted molar refractivity (Wildman–Crippen MR) is 83.5 cm³/mol. The highest BCUT2D eigenvalue weighted by Gasteiger charge is 2.14. The second kappa shape index (κ2) is 6.06. The fourth-order valence-corrected chi connectivity index (χ4v) is 2.71. The zero-order valence-corrected chi connectivity index (χ0v) is 11.8. The van der Waals surface area contributed by atoms with E-state index in [-0.39, 0.29) is 5.82 Å². The Kier molecular flexibility index (Phi) is 3.97. The van der Waals surface area contributed by atoms with E-state index in [0.29, 0.717) is 12.1 Å². The summed E-state index contributed by atoms with van der Waals surface area (Å²) in [5.74, 6) is -0.215. The lowest BCUT2D eigenvalue weighted by molar-refractivity contribution is 0.637. The highest BCUT2D eigenvalue weighted by atomic mass is 19.1. The summed E-state index contributed by atoms with van der Waals surface area (Å²) in [6.45, 7) is 0.682. The molecule has 3 N–H and O–H groups in total. The molecule has 2 aromatic heterocycles. The first-order valence-corrected chi connectivity index (χ1v) is 7.21. The molecule has 0 aliphatic heterocycles. The highest BCUT2D eigenvalue weighted by Crippen LogP contribution is 2.32. The van der Waals surface area contributed by atoms with Crippen molar-refractivity contribution in [1.29, 1.82) is 0 Å². The van der Waals surface area contributed by atoms with E-state index in [1.165, 1.54) is 6.07 Å².